The minimum atomic E-state index is -1.46. The van der Waals surface area contributed by atoms with Crippen LogP contribution in [0, 0.1) is 11.6 Å². The minimum Gasteiger partial charge on any atom is -0.386 e. The summed E-state index contributed by atoms with van der Waals surface area (Å²) in [7, 11) is 1.65. The van der Waals surface area contributed by atoms with Crippen molar-refractivity contribution in [3.8, 4) is 0 Å². The van der Waals surface area contributed by atoms with Crippen molar-refractivity contribution in [1.29, 1.82) is 0 Å². The summed E-state index contributed by atoms with van der Waals surface area (Å²) in [6.45, 7) is -0.300. The molecule has 1 aromatic carbocycles. The van der Waals surface area contributed by atoms with Crippen LogP contribution in [0.25, 0.3) is 0 Å². The van der Waals surface area contributed by atoms with Crippen LogP contribution in [-0.4, -0.2) is 27.3 Å². The van der Waals surface area contributed by atoms with Gasteiger partial charge in [0.05, 0.1) is 17.3 Å². The van der Waals surface area contributed by atoms with Gasteiger partial charge in [0.15, 0.2) is 0 Å². The van der Waals surface area contributed by atoms with Gasteiger partial charge in [-0.3, -0.25) is 9.48 Å². The van der Waals surface area contributed by atoms with Gasteiger partial charge in [0.25, 0.3) is 5.91 Å². The van der Waals surface area contributed by atoms with Crippen LogP contribution in [0.15, 0.2) is 30.6 Å². The highest BCUT2D eigenvalue weighted by atomic mass is 19.1. The normalized spacial score (nSPS) is 12.2. The Labute approximate surface area is 113 Å². The molecule has 1 atom stereocenters. The highest BCUT2D eigenvalue weighted by Gasteiger charge is 2.18. The second kappa shape index (κ2) is 5.79. The number of aromatic nitrogens is 2. The van der Waals surface area contributed by atoms with E-state index >= 15 is 0 Å². The van der Waals surface area contributed by atoms with Crippen molar-refractivity contribution in [3.63, 3.8) is 0 Å². The predicted molar refractivity (Wildman–Crippen MR) is 66.9 cm³/mol. The molecule has 1 aromatic heterocycles. The van der Waals surface area contributed by atoms with Crippen molar-refractivity contribution in [2.24, 2.45) is 7.05 Å². The second-order valence-electron chi connectivity index (χ2n) is 4.26. The Morgan fingerprint density at radius 1 is 1.45 bits per heavy atom. The Morgan fingerprint density at radius 2 is 2.10 bits per heavy atom. The molecular formula is C13H13F2N3O2. The van der Waals surface area contributed by atoms with Crippen LogP contribution in [-0.2, 0) is 7.05 Å². The number of rotatable bonds is 4. The lowest BCUT2D eigenvalue weighted by Gasteiger charge is -2.13. The summed E-state index contributed by atoms with van der Waals surface area (Å²) < 4.78 is 28.3. The molecule has 2 N–H and O–H groups in total. The Kier molecular flexibility index (Phi) is 4.09. The summed E-state index contributed by atoms with van der Waals surface area (Å²) >= 11 is 0. The number of nitrogens with one attached hydrogen (secondary N) is 1. The lowest BCUT2D eigenvalue weighted by molar-refractivity contribution is 0.0911. The summed E-state index contributed by atoms with van der Waals surface area (Å²) in [5, 5.41) is 16.0. The van der Waals surface area contributed by atoms with E-state index in [1.165, 1.54) is 23.1 Å². The largest absolute Gasteiger partial charge is 0.386 e. The molecule has 1 amide bonds. The number of aliphatic hydroxyl groups excluding tert-OH is 1. The number of aryl methyl sites for hydroxylation is 1. The van der Waals surface area contributed by atoms with Crippen molar-refractivity contribution in [3.05, 3.63) is 53.4 Å². The summed E-state index contributed by atoms with van der Waals surface area (Å²) in [6, 6.07) is 3.30. The molecule has 0 radical (unpaired) electrons. The van der Waals surface area contributed by atoms with Gasteiger partial charge < -0.3 is 10.4 Å². The standard InChI is InChI=1S/C13H13F2N3O2/c1-18-7-8(5-17-18)13(20)16-6-11(19)12-9(14)3-2-4-10(12)15/h2-5,7,11,19H,6H2,1H3,(H,16,20). The Balaban J connectivity index is 2.02. The van der Waals surface area contributed by atoms with Gasteiger partial charge in [-0.25, -0.2) is 8.78 Å². The highest BCUT2D eigenvalue weighted by Crippen LogP contribution is 2.19. The average Bonchev–Trinajstić information content (AvgIpc) is 2.82. The zero-order chi connectivity index (χ0) is 14.7. The molecule has 2 aromatic rings. The molecule has 0 fully saturated rings. The van der Waals surface area contributed by atoms with Crippen molar-refractivity contribution < 1.29 is 18.7 Å². The van der Waals surface area contributed by atoms with Gasteiger partial charge >= 0.3 is 0 Å². The zero-order valence-corrected chi connectivity index (χ0v) is 10.7. The molecule has 0 bridgehead atoms. The van der Waals surface area contributed by atoms with E-state index in [2.05, 4.69) is 10.4 Å². The van der Waals surface area contributed by atoms with Crippen molar-refractivity contribution in [2.45, 2.75) is 6.10 Å². The number of amides is 1. The summed E-state index contributed by atoms with van der Waals surface area (Å²) in [5.74, 6) is -2.19. The Hall–Kier alpha value is -2.28. The molecule has 2 rings (SSSR count). The molecular weight excluding hydrogens is 268 g/mol. The molecule has 0 aliphatic heterocycles. The van der Waals surface area contributed by atoms with E-state index in [1.807, 2.05) is 0 Å². The van der Waals surface area contributed by atoms with E-state index in [0.717, 1.165) is 12.1 Å². The van der Waals surface area contributed by atoms with Gasteiger partial charge in [-0.2, -0.15) is 5.10 Å². The topological polar surface area (TPSA) is 67.2 Å². The van der Waals surface area contributed by atoms with Gasteiger partial charge in [-0.05, 0) is 12.1 Å². The lowest BCUT2D eigenvalue weighted by atomic mass is 10.1. The van der Waals surface area contributed by atoms with E-state index in [9.17, 15) is 18.7 Å². The number of halogens is 2. The number of carbonyl (C=O) groups excluding carboxylic acids is 1. The maximum atomic E-state index is 13.4. The molecule has 0 aliphatic carbocycles. The fourth-order valence-corrected chi connectivity index (χ4v) is 1.76. The third kappa shape index (κ3) is 3.00. The van der Waals surface area contributed by atoms with Gasteiger partial charge in [0, 0.05) is 19.8 Å². The van der Waals surface area contributed by atoms with Crippen LogP contribution in [0.1, 0.15) is 22.0 Å². The first-order valence-corrected chi connectivity index (χ1v) is 5.88. The molecule has 5 nitrogen and oxygen atoms in total. The smallest absolute Gasteiger partial charge is 0.254 e. The number of hydrogen-bond acceptors (Lipinski definition) is 3. The van der Waals surface area contributed by atoms with Gasteiger partial charge in [0.2, 0.25) is 0 Å². The zero-order valence-electron chi connectivity index (χ0n) is 10.7. The van der Waals surface area contributed by atoms with Crippen LogP contribution in [0.4, 0.5) is 8.78 Å². The van der Waals surface area contributed by atoms with Crippen LogP contribution in [0.5, 0.6) is 0 Å². The third-order valence-electron chi connectivity index (χ3n) is 2.76. The van der Waals surface area contributed by atoms with E-state index < -0.39 is 29.2 Å². The van der Waals surface area contributed by atoms with Gasteiger partial charge in [-0.1, -0.05) is 6.07 Å². The molecule has 0 aliphatic rings. The maximum absolute atomic E-state index is 13.4. The highest BCUT2D eigenvalue weighted by molar-refractivity contribution is 5.93. The average molecular weight is 281 g/mol. The summed E-state index contributed by atoms with van der Waals surface area (Å²) in [5.41, 5.74) is -0.160. The number of carbonyl (C=O) groups is 1. The summed E-state index contributed by atoms with van der Waals surface area (Å²) in [6.07, 6.45) is 1.38. The quantitative estimate of drug-likeness (QED) is 0.883. The van der Waals surface area contributed by atoms with Gasteiger partial charge in [0.1, 0.15) is 17.7 Å². The Morgan fingerprint density at radius 3 is 2.65 bits per heavy atom. The van der Waals surface area contributed by atoms with E-state index in [1.54, 1.807) is 7.05 Å². The van der Waals surface area contributed by atoms with Crippen LogP contribution in [0.3, 0.4) is 0 Å². The minimum absolute atomic E-state index is 0.300. The monoisotopic (exact) mass is 281 g/mol. The second-order valence-corrected chi connectivity index (χ2v) is 4.26. The molecule has 20 heavy (non-hydrogen) atoms. The number of aliphatic hydroxyl groups is 1. The summed E-state index contributed by atoms with van der Waals surface area (Å²) in [4.78, 5) is 11.7. The van der Waals surface area contributed by atoms with E-state index in [0.29, 0.717) is 5.56 Å². The first-order valence-electron chi connectivity index (χ1n) is 5.88. The fourth-order valence-electron chi connectivity index (χ4n) is 1.76. The molecule has 0 saturated heterocycles. The van der Waals surface area contributed by atoms with E-state index in [4.69, 9.17) is 0 Å². The first kappa shape index (κ1) is 14.1. The molecule has 106 valence electrons. The van der Waals surface area contributed by atoms with Crippen LogP contribution < -0.4 is 5.32 Å². The number of hydrogen-bond donors (Lipinski definition) is 2. The fraction of sp³-hybridized carbons (Fsp3) is 0.231. The van der Waals surface area contributed by atoms with Crippen molar-refractivity contribution in [1.82, 2.24) is 15.1 Å². The predicted octanol–water partition coefficient (Wildman–Crippen LogP) is 1.16. The first-order chi connectivity index (χ1) is 9.49. The maximum Gasteiger partial charge on any atom is 0.254 e. The molecule has 0 spiro atoms. The van der Waals surface area contributed by atoms with Crippen LogP contribution >= 0.6 is 0 Å². The lowest BCUT2D eigenvalue weighted by Crippen LogP contribution is -2.28. The SMILES string of the molecule is Cn1cc(C(=O)NCC(O)c2c(F)cccc2F)cn1. The molecule has 1 heterocycles. The number of nitrogens with zero attached hydrogens (tertiary/aromatic N) is 2. The molecule has 1 unspecified atom stereocenters. The van der Waals surface area contributed by atoms with Crippen molar-refractivity contribution in [2.75, 3.05) is 6.54 Å². The molecule has 7 heteroatoms. The third-order valence-corrected chi connectivity index (χ3v) is 2.76. The van der Waals surface area contributed by atoms with Gasteiger partial charge in [-0.15, -0.1) is 0 Å². The van der Waals surface area contributed by atoms with Crippen LogP contribution in [0.2, 0.25) is 0 Å². The number of benzene rings is 1. The Bertz CT molecular complexity index is 608. The van der Waals surface area contributed by atoms with Crippen molar-refractivity contribution >= 4 is 5.91 Å². The molecule has 0 saturated carbocycles. The van der Waals surface area contributed by atoms with E-state index in [-0.39, 0.29) is 6.54 Å².